The van der Waals surface area contributed by atoms with Crippen LogP contribution >= 0.6 is 0 Å². The first-order valence-corrected chi connectivity index (χ1v) is 10.4. The van der Waals surface area contributed by atoms with E-state index in [0.29, 0.717) is 18.8 Å². The molecule has 4 nitrogen and oxygen atoms in total. The van der Waals surface area contributed by atoms with Gasteiger partial charge in [0.05, 0.1) is 25.4 Å². The molecule has 1 amide bonds. The monoisotopic (exact) mass is 403 g/mol. The molecule has 0 spiro atoms. The van der Waals surface area contributed by atoms with Gasteiger partial charge in [0.15, 0.2) is 0 Å². The van der Waals surface area contributed by atoms with Crippen LogP contribution in [0.1, 0.15) is 53.9 Å². The molecular formula is C26H29NO3. The molecule has 3 rings (SSSR count). The number of amides is 1. The molecule has 3 aromatic carbocycles. The van der Waals surface area contributed by atoms with Gasteiger partial charge in [-0.15, -0.1) is 0 Å². The van der Waals surface area contributed by atoms with Crippen molar-refractivity contribution in [3.63, 3.8) is 0 Å². The third-order valence-corrected chi connectivity index (χ3v) is 4.74. The zero-order chi connectivity index (χ0) is 21.3. The van der Waals surface area contributed by atoms with Crippen LogP contribution in [0, 0.1) is 0 Å². The first-order chi connectivity index (χ1) is 14.6. The number of ether oxygens (including phenoxy) is 2. The second-order valence-electron chi connectivity index (χ2n) is 7.34. The number of hydrogen-bond acceptors (Lipinski definition) is 3. The average molecular weight is 404 g/mol. The molecule has 156 valence electrons. The van der Waals surface area contributed by atoms with Crippen molar-refractivity contribution in [2.24, 2.45) is 0 Å². The minimum atomic E-state index is -0.234. The molecule has 0 aliphatic carbocycles. The van der Waals surface area contributed by atoms with Gasteiger partial charge >= 0.3 is 0 Å². The Morgan fingerprint density at radius 3 is 2.03 bits per heavy atom. The molecule has 3 aromatic rings. The van der Waals surface area contributed by atoms with Gasteiger partial charge in [-0.05, 0) is 50.1 Å². The zero-order valence-electron chi connectivity index (χ0n) is 17.8. The van der Waals surface area contributed by atoms with Crippen LogP contribution in [-0.4, -0.2) is 18.6 Å². The summed E-state index contributed by atoms with van der Waals surface area (Å²) in [6.07, 6.45) is 0.0949. The molecule has 0 aliphatic heterocycles. The van der Waals surface area contributed by atoms with E-state index in [1.807, 2.05) is 93.6 Å². The van der Waals surface area contributed by atoms with Crippen LogP contribution in [-0.2, 0) is 11.3 Å². The Kier molecular flexibility index (Phi) is 7.63. The van der Waals surface area contributed by atoms with E-state index < -0.39 is 0 Å². The van der Waals surface area contributed by atoms with E-state index in [1.165, 1.54) is 0 Å². The molecule has 30 heavy (non-hydrogen) atoms. The van der Waals surface area contributed by atoms with Gasteiger partial charge in [-0.25, -0.2) is 0 Å². The lowest BCUT2D eigenvalue weighted by atomic mass is 9.98. The van der Waals surface area contributed by atoms with Crippen LogP contribution in [0.5, 0.6) is 5.75 Å². The molecule has 4 heteroatoms. The Labute approximate surface area is 178 Å². The Balaban J connectivity index is 1.87. The van der Waals surface area contributed by atoms with Gasteiger partial charge in [-0.2, -0.15) is 0 Å². The quantitative estimate of drug-likeness (QED) is 0.511. The molecule has 0 fully saturated rings. The van der Waals surface area contributed by atoms with Crippen molar-refractivity contribution >= 4 is 5.91 Å². The van der Waals surface area contributed by atoms with Crippen molar-refractivity contribution in [1.29, 1.82) is 0 Å². The first-order valence-electron chi connectivity index (χ1n) is 10.4. The Morgan fingerprint density at radius 1 is 0.900 bits per heavy atom. The van der Waals surface area contributed by atoms with Crippen molar-refractivity contribution in [2.45, 2.75) is 39.5 Å². The molecule has 0 saturated heterocycles. The van der Waals surface area contributed by atoms with E-state index in [4.69, 9.17) is 9.47 Å². The number of rotatable bonds is 9. The van der Waals surface area contributed by atoms with Gasteiger partial charge in [0.25, 0.3) is 5.91 Å². The van der Waals surface area contributed by atoms with Crippen LogP contribution in [0.4, 0.5) is 0 Å². The summed E-state index contributed by atoms with van der Waals surface area (Å²) in [7, 11) is 0. The predicted octanol–water partition coefficient (Wildman–Crippen LogP) is 5.53. The van der Waals surface area contributed by atoms with Gasteiger partial charge in [0, 0.05) is 11.1 Å². The lowest BCUT2D eigenvalue weighted by molar-refractivity contribution is 0.0641. The predicted molar refractivity (Wildman–Crippen MR) is 120 cm³/mol. The van der Waals surface area contributed by atoms with Gasteiger partial charge in [0.2, 0.25) is 0 Å². The fraction of sp³-hybridized carbons (Fsp3) is 0.269. The van der Waals surface area contributed by atoms with E-state index >= 15 is 0 Å². The summed E-state index contributed by atoms with van der Waals surface area (Å²) in [5.41, 5.74) is 3.52. The summed E-state index contributed by atoms with van der Waals surface area (Å²) in [5, 5.41) is 3.19. The summed E-state index contributed by atoms with van der Waals surface area (Å²) >= 11 is 0. The van der Waals surface area contributed by atoms with Crippen LogP contribution in [0.2, 0.25) is 0 Å². The number of carbonyl (C=O) groups excluding carboxylic acids is 1. The molecule has 0 radical (unpaired) electrons. The van der Waals surface area contributed by atoms with E-state index in [2.05, 4.69) is 5.32 Å². The Hall–Kier alpha value is -3.11. The third kappa shape index (κ3) is 5.71. The van der Waals surface area contributed by atoms with E-state index in [-0.39, 0.29) is 18.1 Å². The highest BCUT2D eigenvalue weighted by Gasteiger charge is 2.19. The maximum absolute atomic E-state index is 13.2. The fourth-order valence-electron chi connectivity index (χ4n) is 3.25. The molecule has 0 saturated carbocycles. The number of hydrogen-bond donors (Lipinski definition) is 1. The third-order valence-electron chi connectivity index (χ3n) is 4.74. The zero-order valence-corrected chi connectivity index (χ0v) is 17.8. The summed E-state index contributed by atoms with van der Waals surface area (Å²) in [6, 6.07) is 25.2. The minimum absolute atomic E-state index is 0.0949. The van der Waals surface area contributed by atoms with Crippen molar-refractivity contribution in [3.05, 3.63) is 101 Å². The standard InChI is InChI=1S/C26H29NO3/c1-4-29-24-16-15-22(17-23(24)18-30-19(2)3)26(28)27-25(20-11-7-5-8-12-20)21-13-9-6-10-14-21/h5-17,19,25H,4,18H2,1-3H3,(H,27,28). The second kappa shape index (κ2) is 10.6. The normalized spacial score (nSPS) is 11.0. The number of nitrogens with one attached hydrogen (secondary N) is 1. The van der Waals surface area contributed by atoms with Crippen molar-refractivity contribution in [3.8, 4) is 5.75 Å². The molecular weight excluding hydrogens is 374 g/mol. The van der Waals surface area contributed by atoms with Gasteiger partial charge in [-0.3, -0.25) is 4.79 Å². The average Bonchev–Trinajstić information content (AvgIpc) is 2.78. The SMILES string of the molecule is CCOc1ccc(C(=O)NC(c2ccccc2)c2ccccc2)cc1COC(C)C. The topological polar surface area (TPSA) is 47.6 Å². The van der Waals surface area contributed by atoms with Crippen LogP contribution in [0.25, 0.3) is 0 Å². The molecule has 0 atom stereocenters. The van der Waals surface area contributed by atoms with E-state index in [1.54, 1.807) is 6.07 Å². The molecule has 0 aromatic heterocycles. The van der Waals surface area contributed by atoms with Crippen LogP contribution in [0.3, 0.4) is 0 Å². The number of benzene rings is 3. The highest BCUT2D eigenvalue weighted by molar-refractivity contribution is 5.95. The minimum Gasteiger partial charge on any atom is -0.494 e. The highest BCUT2D eigenvalue weighted by atomic mass is 16.5. The smallest absolute Gasteiger partial charge is 0.252 e. The summed E-state index contributed by atoms with van der Waals surface area (Å²) in [5.74, 6) is 0.610. The summed E-state index contributed by atoms with van der Waals surface area (Å²) < 4.78 is 11.5. The van der Waals surface area contributed by atoms with Gasteiger partial charge in [-0.1, -0.05) is 60.7 Å². The highest BCUT2D eigenvalue weighted by Crippen LogP contribution is 2.25. The van der Waals surface area contributed by atoms with E-state index in [0.717, 1.165) is 22.4 Å². The lowest BCUT2D eigenvalue weighted by Gasteiger charge is -2.20. The molecule has 0 aliphatic rings. The first kappa shape index (κ1) is 21.6. The van der Waals surface area contributed by atoms with Crippen molar-refractivity contribution < 1.29 is 14.3 Å². The molecule has 0 unspecified atom stereocenters. The summed E-state index contributed by atoms with van der Waals surface area (Å²) in [6.45, 7) is 6.87. The van der Waals surface area contributed by atoms with Crippen molar-refractivity contribution in [1.82, 2.24) is 5.32 Å². The van der Waals surface area contributed by atoms with Gasteiger partial charge < -0.3 is 14.8 Å². The Morgan fingerprint density at radius 2 is 1.50 bits per heavy atom. The number of carbonyl (C=O) groups is 1. The maximum Gasteiger partial charge on any atom is 0.252 e. The molecule has 1 N–H and O–H groups in total. The molecule has 0 heterocycles. The largest absolute Gasteiger partial charge is 0.494 e. The lowest BCUT2D eigenvalue weighted by Crippen LogP contribution is -2.29. The van der Waals surface area contributed by atoms with Crippen LogP contribution in [0.15, 0.2) is 78.9 Å². The molecule has 0 bridgehead atoms. The van der Waals surface area contributed by atoms with E-state index in [9.17, 15) is 4.79 Å². The van der Waals surface area contributed by atoms with Gasteiger partial charge in [0.1, 0.15) is 5.75 Å². The second-order valence-corrected chi connectivity index (χ2v) is 7.34. The fourth-order valence-corrected chi connectivity index (χ4v) is 3.25. The maximum atomic E-state index is 13.2. The summed E-state index contributed by atoms with van der Waals surface area (Å²) in [4.78, 5) is 13.2. The van der Waals surface area contributed by atoms with Crippen molar-refractivity contribution in [2.75, 3.05) is 6.61 Å². The van der Waals surface area contributed by atoms with Crippen LogP contribution < -0.4 is 10.1 Å². The Bertz CT molecular complexity index is 900.